The monoisotopic (exact) mass is 387 g/mol. The SMILES string of the molecule is NC1CCCN(c2c(/C=C3/SC(=O)NC3=O)cccc2OC2CCCC2)C1. The minimum absolute atomic E-state index is 0.129. The first-order chi connectivity index (χ1) is 13.1. The summed E-state index contributed by atoms with van der Waals surface area (Å²) in [6.07, 6.45) is 8.66. The van der Waals surface area contributed by atoms with Gasteiger partial charge in [0.05, 0.1) is 16.7 Å². The first-order valence-electron chi connectivity index (χ1n) is 9.65. The molecule has 1 aromatic carbocycles. The molecule has 1 atom stereocenters. The second-order valence-electron chi connectivity index (χ2n) is 7.42. The van der Waals surface area contributed by atoms with Crippen LogP contribution in [0.15, 0.2) is 23.1 Å². The Labute approximate surface area is 163 Å². The molecule has 1 unspecified atom stereocenters. The predicted octanol–water partition coefficient (Wildman–Crippen LogP) is 3.26. The molecule has 3 fully saturated rings. The van der Waals surface area contributed by atoms with Crippen LogP contribution in [0.2, 0.25) is 0 Å². The van der Waals surface area contributed by atoms with Crippen LogP contribution in [0.3, 0.4) is 0 Å². The zero-order chi connectivity index (χ0) is 18.8. The number of piperidine rings is 1. The van der Waals surface area contributed by atoms with Gasteiger partial charge in [-0.3, -0.25) is 14.9 Å². The summed E-state index contributed by atoms with van der Waals surface area (Å²) < 4.78 is 6.36. The molecule has 2 heterocycles. The first-order valence-corrected chi connectivity index (χ1v) is 10.5. The molecule has 0 aromatic heterocycles. The molecule has 2 amide bonds. The Morgan fingerprint density at radius 2 is 2.00 bits per heavy atom. The molecule has 2 aliphatic heterocycles. The smallest absolute Gasteiger partial charge is 0.290 e. The minimum atomic E-state index is -0.339. The number of para-hydroxylation sites is 1. The molecule has 0 bridgehead atoms. The summed E-state index contributed by atoms with van der Waals surface area (Å²) >= 11 is 0.941. The lowest BCUT2D eigenvalue weighted by atomic mass is 10.0. The highest BCUT2D eigenvalue weighted by Crippen LogP contribution is 2.39. The Bertz CT molecular complexity index is 774. The first kappa shape index (κ1) is 18.4. The molecule has 3 aliphatic rings. The average Bonchev–Trinajstić information content (AvgIpc) is 3.25. The van der Waals surface area contributed by atoms with E-state index in [0.29, 0.717) is 4.91 Å². The summed E-state index contributed by atoms with van der Waals surface area (Å²) in [6, 6.07) is 6.05. The van der Waals surface area contributed by atoms with Gasteiger partial charge in [0.2, 0.25) is 0 Å². The standard InChI is InChI=1S/C20H25N3O3S/c21-14-6-4-10-23(12-14)18-13(11-17-19(24)22-20(25)27-17)5-3-9-16(18)26-15-7-1-2-8-15/h3,5,9,11,14-15H,1-2,4,6-8,10,12,21H2,(H,22,24,25)/b17-11+. The van der Waals surface area contributed by atoms with Crippen LogP contribution >= 0.6 is 11.8 Å². The number of benzene rings is 1. The second kappa shape index (κ2) is 7.94. The quantitative estimate of drug-likeness (QED) is 0.772. The van der Waals surface area contributed by atoms with E-state index in [0.717, 1.165) is 67.5 Å². The van der Waals surface area contributed by atoms with Crippen LogP contribution in [-0.4, -0.2) is 36.4 Å². The number of ether oxygens (including phenoxy) is 1. The number of anilines is 1. The zero-order valence-corrected chi connectivity index (χ0v) is 16.1. The van der Waals surface area contributed by atoms with E-state index in [2.05, 4.69) is 10.2 Å². The minimum Gasteiger partial charge on any atom is -0.488 e. The molecular weight excluding hydrogens is 362 g/mol. The zero-order valence-electron chi connectivity index (χ0n) is 15.3. The Morgan fingerprint density at radius 3 is 2.70 bits per heavy atom. The van der Waals surface area contributed by atoms with E-state index in [1.807, 2.05) is 18.2 Å². The lowest BCUT2D eigenvalue weighted by molar-refractivity contribution is -0.115. The van der Waals surface area contributed by atoms with Gasteiger partial charge in [0.15, 0.2) is 0 Å². The maximum atomic E-state index is 12.0. The number of imide groups is 1. The van der Waals surface area contributed by atoms with Crippen molar-refractivity contribution in [1.82, 2.24) is 5.32 Å². The maximum absolute atomic E-state index is 12.0. The van der Waals surface area contributed by atoms with Crippen LogP contribution in [-0.2, 0) is 4.79 Å². The number of hydrogen-bond donors (Lipinski definition) is 2. The molecule has 7 heteroatoms. The van der Waals surface area contributed by atoms with Crippen LogP contribution < -0.4 is 20.7 Å². The van der Waals surface area contributed by atoms with Crippen LogP contribution in [0.5, 0.6) is 5.75 Å². The van der Waals surface area contributed by atoms with Gasteiger partial charge in [-0.05, 0) is 62.4 Å². The Kier molecular flexibility index (Phi) is 5.41. The van der Waals surface area contributed by atoms with Gasteiger partial charge < -0.3 is 15.4 Å². The number of amides is 2. The van der Waals surface area contributed by atoms with Crippen LogP contribution in [0.1, 0.15) is 44.1 Å². The van der Waals surface area contributed by atoms with Gasteiger partial charge in [-0.25, -0.2) is 0 Å². The van der Waals surface area contributed by atoms with Crippen molar-refractivity contribution in [2.24, 2.45) is 5.73 Å². The fourth-order valence-corrected chi connectivity index (χ4v) is 4.72. The van der Waals surface area contributed by atoms with Crippen molar-refractivity contribution in [3.8, 4) is 5.75 Å². The van der Waals surface area contributed by atoms with Gasteiger partial charge in [0.1, 0.15) is 5.75 Å². The van der Waals surface area contributed by atoms with E-state index in [4.69, 9.17) is 10.5 Å². The summed E-state index contributed by atoms with van der Waals surface area (Å²) in [5.41, 5.74) is 8.10. The van der Waals surface area contributed by atoms with Gasteiger partial charge in [-0.1, -0.05) is 12.1 Å². The van der Waals surface area contributed by atoms with Crippen molar-refractivity contribution in [2.45, 2.75) is 50.7 Å². The van der Waals surface area contributed by atoms with Crippen molar-refractivity contribution < 1.29 is 14.3 Å². The second-order valence-corrected chi connectivity index (χ2v) is 8.43. The molecule has 27 heavy (non-hydrogen) atoms. The summed E-state index contributed by atoms with van der Waals surface area (Å²) in [6.45, 7) is 1.67. The van der Waals surface area contributed by atoms with E-state index in [1.165, 1.54) is 12.8 Å². The average molecular weight is 388 g/mol. The largest absolute Gasteiger partial charge is 0.488 e. The van der Waals surface area contributed by atoms with Gasteiger partial charge in [0, 0.05) is 24.7 Å². The molecule has 1 aromatic rings. The number of nitrogens with zero attached hydrogens (tertiary/aromatic N) is 1. The highest BCUT2D eigenvalue weighted by molar-refractivity contribution is 8.18. The van der Waals surface area contributed by atoms with Crippen LogP contribution in [0.25, 0.3) is 6.08 Å². The highest BCUT2D eigenvalue weighted by Gasteiger charge is 2.28. The third kappa shape index (κ3) is 4.14. The third-order valence-corrected chi connectivity index (χ3v) is 6.14. The fraction of sp³-hybridized carbons (Fsp3) is 0.500. The molecule has 6 nitrogen and oxygen atoms in total. The summed E-state index contributed by atoms with van der Waals surface area (Å²) in [7, 11) is 0. The fourth-order valence-electron chi connectivity index (χ4n) is 4.05. The molecule has 144 valence electrons. The topological polar surface area (TPSA) is 84.7 Å². The molecule has 1 saturated carbocycles. The number of hydrogen-bond acceptors (Lipinski definition) is 6. The van der Waals surface area contributed by atoms with Crippen molar-refractivity contribution in [3.05, 3.63) is 28.7 Å². The van der Waals surface area contributed by atoms with Gasteiger partial charge >= 0.3 is 0 Å². The third-order valence-electron chi connectivity index (χ3n) is 5.33. The number of nitrogens with one attached hydrogen (secondary N) is 1. The van der Waals surface area contributed by atoms with Crippen molar-refractivity contribution in [1.29, 1.82) is 0 Å². The normalized spacial score (nSPS) is 25.3. The Morgan fingerprint density at radius 1 is 1.19 bits per heavy atom. The number of carbonyl (C=O) groups excluding carboxylic acids is 2. The maximum Gasteiger partial charge on any atom is 0.290 e. The van der Waals surface area contributed by atoms with E-state index in [1.54, 1.807) is 6.08 Å². The Balaban J connectivity index is 1.71. The summed E-state index contributed by atoms with van der Waals surface area (Å²) in [5, 5.41) is 1.99. The van der Waals surface area contributed by atoms with Gasteiger partial charge in [-0.15, -0.1) is 0 Å². The van der Waals surface area contributed by atoms with E-state index < -0.39 is 0 Å². The van der Waals surface area contributed by atoms with Gasteiger partial charge in [0.25, 0.3) is 11.1 Å². The van der Waals surface area contributed by atoms with E-state index in [-0.39, 0.29) is 23.3 Å². The molecule has 0 spiro atoms. The van der Waals surface area contributed by atoms with E-state index >= 15 is 0 Å². The van der Waals surface area contributed by atoms with E-state index in [9.17, 15) is 9.59 Å². The molecule has 0 radical (unpaired) electrons. The lowest BCUT2D eigenvalue weighted by Gasteiger charge is -2.35. The number of carbonyl (C=O) groups is 2. The lowest BCUT2D eigenvalue weighted by Crippen LogP contribution is -2.43. The van der Waals surface area contributed by atoms with Crippen LogP contribution in [0, 0.1) is 0 Å². The molecular formula is C20H25N3O3S. The predicted molar refractivity (Wildman–Crippen MR) is 108 cm³/mol. The molecule has 3 N–H and O–H groups in total. The number of thioether (sulfide) groups is 1. The molecule has 1 aliphatic carbocycles. The Hall–Kier alpha value is -1.99. The van der Waals surface area contributed by atoms with Crippen molar-refractivity contribution in [3.63, 3.8) is 0 Å². The van der Waals surface area contributed by atoms with Crippen molar-refractivity contribution >= 4 is 34.7 Å². The number of rotatable bonds is 4. The summed E-state index contributed by atoms with van der Waals surface area (Å²) in [4.78, 5) is 26.2. The number of nitrogens with two attached hydrogens (primary N) is 1. The molecule has 4 rings (SSSR count). The van der Waals surface area contributed by atoms with Crippen molar-refractivity contribution in [2.75, 3.05) is 18.0 Å². The summed E-state index contributed by atoms with van der Waals surface area (Å²) in [5.74, 6) is 0.508. The van der Waals surface area contributed by atoms with Gasteiger partial charge in [-0.2, -0.15) is 0 Å². The highest BCUT2D eigenvalue weighted by atomic mass is 32.2. The van der Waals surface area contributed by atoms with Crippen LogP contribution in [0.4, 0.5) is 10.5 Å². The molecule has 2 saturated heterocycles.